The molecule has 0 spiro atoms. The van der Waals surface area contributed by atoms with Gasteiger partial charge in [0.05, 0.1) is 4.92 Å². The molecule has 0 aliphatic heterocycles. The fourth-order valence-electron chi connectivity index (χ4n) is 1.96. The SMILES string of the molecule is CC.CC.CCCCC(CCCC)Sc1ccc([N+](=O)[O-])cc1. The second kappa shape index (κ2) is 17.3. The van der Waals surface area contributed by atoms with Gasteiger partial charge in [-0.2, -0.15) is 0 Å². The molecule has 0 saturated carbocycles. The molecule has 134 valence electrons. The van der Waals surface area contributed by atoms with Gasteiger partial charge in [-0.3, -0.25) is 10.1 Å². The minimum absolute atomic E-state index is 0.169. The van der Waals surface area contributed by atoms with Crippen molar-refractivity contribution in [2.45, 2.75) is 90.2 Å². The van der Waals surface area contributed by atoms with Gasteiger partial charge < -0.3 is 0 Å². The predicted molar refractivity (Wildman–Crippen MR) is 104 cm³/mol. The van der Waals surface area contributed by atoms with Crippen molar-refractivity contribution in [3.05, 3.63) is 34.4 Å². The van der Waals surface area contributed by atoms with E-state index in [1.165, 1.54) is 38.5 Å². The summed E-state index contributed by atoms with van der Waals surface area (Å²) in [6, 6.07) is 6.93. The summed E-state index contributed by atoms with van der Waals surface area (Å²) >= 11 is 1.87. The molecular weight excluding hydrogens is 306 g/mol. The number of nitrogens with zero attached hydrogens (tertiary/aromatic N) is 1. The molecule has 0 bridgehead atoms. The molecule has 23 heavy (non-hydrogen) atoms. The largest absolute Gasteiger partial charge is 0.269 e. The molecule has 0 aliphatic carbocycles. The normalized spacial score (nSPS) is 9.52. The molecule has 3 nitrogen and oxygen atoms in total. The number of hydrogen-bond acceptors (Lipinski definition) is 3. The Kier molecular flexibility index (Phi) is 18.2. The standard InChI is InChI=1S/C15H23NO2S.2C2H6/c1-3-5-7-14(8-6-4-2)19-15-11-9-13(10-12-15)16(17)18;2*1-2/h9-12,14H,3-8H2,1-2H3;2*1-2H3. The van der Waals surface area contributed by atoms with Crippen LogP contribution in [0.5, 0.6) is 0 Å². The van der Waals surface area contributed by atoms with Crippen LogP contribution in [0.2, 0.25) is 0 Å². The zero-order valence-electron chi connectivity index (χ0n) is 15.8. The van der Waals surface area contributed by atoms with E-state index in [-0.39, 0.29) is 10.6 Å². The zero-order valence-corrected chi connectivity index (χ0v) is 16.6. The molecule has 0 N–H and O–H groups in total. The number of non-ortho nitro benzene ring substituents is 1. The highest BCUT2D eigenvalue weighted by Gasteiger charge is 2.11. The maximum atomic E-state index is 10.6. The average molecular weight is 342 g/mol. The van der Waals surface area contributed by atoms with E-state index in [1.54, 1.807) is 12.1 Å². The summed E-state index contributed by atoms with van der Waals surface area (Å²) in [5.41, 5.74) is 0.169. The molecule has 0 aromatic heterocycles. The number of rotatable bonds is 9. The minimum Gasteiger partial charge on any atom is -0.258 e. The number of hydrogen-bond donors (Lipinski definition) is 0. The third-order valence-corrected chi connectivity index (χ3v) is 4.46. The van der Waals surface area contributed by atoms with Gasteiger partial charge in [-0.15, -0.1) is 11.8 Å². The van der Waals surface area contributed by atoms with Gasteiger partial charge in [0.15, 0.2) is 0 Å². The Bertz CT molecular complexity index is 371. The third kappa shape index (κ3) is 12.1. The van der Waals surface area contributed by atoms with Crippen LogP contribution in [0.4, 0.5) is 5.69 Å². The molecule has 0 aliphatic rings. The van der Waals surface area contributed by atoms with Crippen molar-refractivity contribution in [2.75, 3.05) is 0 Å². The van der Waals surface area contributed by atoms with E-state index >= 15 is 0 Å². The maximum Gasteiger partial charge on any atom is 0.269 e. The van der Waals surface area contributed by atoms with Crippen LogP contribution in [0.3, 0.4) is 0 Å². The lowest BCUT2D eigenvalue weighted by Gasteiger charge is -2.15. The molecule has 1 aromatic rings. The Morgan fingerprint density at radius 1 is 0.957 bits per heavy atom. The first-order valence-corrected chi connectivity index (χ1v) is 9.96. The highest BCUT2D eigenvalue weighted by Crippen LogP contribution is 2.31. The lowest BCUT2D eigenvalue weighted by atomic mass is 10.1. The summed E-state index contributed by atoms with van der Waals surface area (Å²) in [7, 11) is 0. The first-order chi connectivity index (χ1) is 11.2. The van der Waals surface area contributed by atoms with Crippen molar-refractivity contribution in [3.8, 4) is 0 Å². The number of nitro groups is 1. The highest BCUT2D eigenvalue weighted by molar-refractivity contribution is 8.00. The van der Waals surface area contributed by atoms with Crippen LogP contribution >= 0.6 is 11.8 Å². The van der Waals surface area contributed by atoms with Crippen molar-refractivity contribution >= 4 is 17.4 Å². The predicted octanol–water partition coefficient (Wildman–Crippen LogP) is 7.49. The Balaban J connectivity index is 0. The maximum absolute atomic E-state index is 10.6. The van der Waals surface area contributed by atoms with Crippen LogP contribution in [0.1, 0.15) is 80.1 Å². The fraction of sp³-hybridized carbons (Fsp3) is 0.684. The Labute approximate surface area is 147 Å². The van der Waals surface area contributed by atoms with Gasteiger partial charge in [0.25, 0.3) is 5.69 Å². The summed E-state index contributed by atoms with van der Waals surface area (Å²) in [5.74, 6) is 0. The van der Waals surface area contributed by atoms with E-state index < -0.39 is 0 Å². The quantitative estimate of drug-likeness (QED) is 0.265. The van der Waals surface area contributed by atoms with Gasteiger partial charge in [-0.1, -0.05) is 67.2 Å². The van der Waals surface area contributed by atoms with Crippen LogP contribution in [-0.2, 0) is 0 Å². The second-order valence-corrected chi connectivity index (χ2v) is 6.15. The van der Waals surface area contributed by atoms with Crippen LogP contribution in [0.25, 0.3) is 0 Å². The number of thioether (sulfide) groups is 1. The van der Waals surface area contributed by atoms with Crippen molar-refractivity contribution in [3.63, 3.8) is 0 Å². The van der Waals surface area contributed by atoms with Gasteiger partial charge in [0.2, 0.25) is 0 Å². The molecule has 0 heterocycles. The van der Waals surface area contributed by atoms with Gasteiger partial charge in [0, 0.05) is 22.3 Å². The van der Waals surface area contributed by atoms with E-state index in [9.17, 15) is 10.1 Å². The third-order valence-electron chi connectivity index (χ3n) is 3.11. The lowest BCUT2D eigenvalue weighted by Crippen LogP contribution is -2.02. The molecule has 0 unspecified atom stereocenters. The number of benzene rings is 1. The van der Waals surface area contributed by atoms with E-state index in [2.05, 4.69) is 13.8 Å². The van der Waals surface area contributed by atoms with Crippen LogP contribution in [0, 0.1) is 10.1 Å². The smallest absolute Gasteiger partial charge is 0.258 e. The highest BCUT2D eigenvalue weighted by atomic mass is 32.2. The van der Waals surface area contributed by atoms with Crippen molar-refractivity contribution < 1.29 is 4.92 Å². The Hall–Kier alpha value is -1.03. The van der Waals surface area contributed by atoms with E-state index in [1.807, 2.05) is 51.6 Å². The fourth-order valence-corrected chi connectivity index (χ4v) is 3.21. The number of unbranched alkanes of at least 4 members (excludes halogenated alkanes) is 2. The van der Waals surface area contributed by atoms with Gasteiger partial charge in [-0.05, 0) is 25.0 Å². The molecule has 1 rings (SSSR count). The lowest BCUT2D eigenvalue weighted by molar-refractivity contribution is -0.384. The molecular formula is C19H35NO2S. The van der Waals surface area contributed by atoms with Crippen LogP contribution in [-0.4, -0.2) is 10.2 Å². The molecule has 0 fully saturated rings. The molecule has 4 heteroatoms. The monoisotopic (exact) mass is 341 g/mol. The van der Waals surface area contributed by atoms with Crippen molar-refractivity contribution in [2.24, 2.45) is 0 Å². The summed E-state index contributed by atoms with van der Waals surface area (Å²) in [6.07, 6.45) is 7.44. The summed E-state index contributed by atoms with van der Waals surface area (Å²) in [6.45, 7) is 12.4. The average Bonchev–Trinajstić information content (AvgIpc) is 2.61. The van der Waals surface area contributed by atoms with Crippen molar-refractivity contribution in [1.29, 1.82) is 0 Å². The summed E-state index contributed by atoms with van der Waals surface area (Å²) in [5, 5.41) is 11.3. The summed E-state index contributed by atoms with van der Waals surface area (Å²) in [4.78, 5) is 11.4. The first kappa shape index (κ1) is 24.2. The molecule has 1 aromatic carbocycles. The van der Waals surface area contributed by atoms with E-state index in [0.717, 1.165) is 4.90 Å². The van der Waals surface area contributed by atoms with Gasteiger partial charge in [-0.25, -0.2) is 0 Å². The molecule has 0 radical (unpaired) electrons. The van der Waals surface area contributed by atoms with Crippen LogP contribution in [0.15, 0.2) is 29.2 Å². The molecule has 0 saturated heterocycles. The zero-order chi connectivity index (χ0) is 18.1. The summed E-state index contributed by atoms with van der Waals surface area (Å²) < 4.78 is 0. The Morgan fingerprint density at radius 3 is 1.74 bits per heavy atom. The van der Waals surface area contributed by atoms with Gasteiger partial charge in [0.1, 0.15) is 0 Å². The van der Waals surface area contributed by atoms with Crippen LogP contribution < -0.4 is 0 Å². The Morgan fingerprint density at radius 2 is 1.39 bits per heavy atom. The molecule has 0 atom stereocenters. The van der Waals surface area contributed by atoms with E-state index in [0.29, 0.717) is 5.25 Å². The van der Waals surface area contributed by atoms with E-state index in [4.69, 9.17) is 0 Å². The van der Waals surface area contributed by atoms with Crippen molar-refractivity contribution in [1.82, 2.24) is 0 Å². The number of nitro benzene ring substituents is 1. The van der Waals surface area contributed by atoms with Gasteiger partial charge >= 0.3 is 0 Å². The first-order valence-electron chi connectivity index (χ1n) is 9.08. The minimum atomic E-state index is -0.347. The molecule has 0 amide bonds. The second-order valence-electron chi connectivity index (χ2n) is 4.78. The topological polar surface area (TPSA) is 43.1 Å².